The third kappa shape index (κ3) is 4.29. The van der Waals surface area contributed by atoms with Crippen molar-refractivity contribution >= 4 is 21.7 Å². The third-order valence-electron chi connectivity index (χ3n) is 2.73. The van der Waals surface area contributed by atoms with E-state index in [9.17, 15) is 18.0 Å². The maximum absolute atomic E-state index is 11.9. The molecular weight excluding hydrogens is 258 g/mol. The first kappa shape index (κ1) is 16.9. The predicted molar refractivity (Wildman–Crippen MR) is 68.0 cm³/mol. The molecule has 0 saturated heterocycles. The zero-order valence-corrected chi connectivity index (χ0v) is 11.8. The monoisotopic (exact) mass is 279 g/mol. The first-order valence-electron chi connectivity index (χ1n) is 6.02. The number of unbranched alkanes of at least 4 members (excludes halogenated alkanes) is 1. The lowest BCUT2D eigenvalue weighted by molar-refractivity contribution is -0.136. The van der Waals surface area contributed by atoms with Crippen LogP contribution in [-0.4, -0.2) is 42.4 Å². The SMILES string of the molecule is CCCCNC(=O)C(C)S(=O)(=O)C(CC)C(=O)O. The molecule has 1 amide bonds. The topological polar surface area (TPSA) is 101 Å². The van der Waals surface area contributed by atoms with Gasteiger partial charge in [-0.3, -0.25) is 9.59 Å². The van der Waals surface area contributed by atoms with E-state index in [4.69, 9.17) is 5.11 Å². The normalized spacial score (nSPS) is 14.8. The van der Waals surface area contributed by atoms with Gasteiger partial charge in [0.05, 0.1) is 0 Å². The van der Waals surface area contributed by atoms with Gasteiger partial charge >= 0.3 is 5.97 Å². The highest BCUT2D eigenvalue weighted by atomic mass is 32.2. The molecule has 0 bridgehead atoms. The molecule has 2 unspecified atom stereocenters. The first-order valence-corrected chi connectivity index (χ1v) is 7.63. The van der Waals surface area contributed by atoms with Crippen molar-refractivity contribution in [1.29, 1.82) is 0 Å². The van der Waals surface area contributed by atoms with Crippen molar-refractivity contribution in [1.82, 2.24) is 5.32 Å². The van der Waals surface area contributed by atoms with Gasteiger partial charge in [-0.1, -0.05) is 20.3 Å². The van der Waals surface area contributed by atoms with Gasteiger partial charge in [-0.2, -0.15) is 0 Å². The van der Waals surface area contributed by atoms with Gasteiger partial charge in [0, 0.05) is 6.54 Å². The highest BCUT2D eigenvalue weighted by Gasteiger charge is 2.38. The van der Waals surface area contributed by atoms with Crippen molar-refractivity contribution in [2.45, 2.75) is 50.5 Å². The lowest BCUT2D eigenvalue weighted by Crippen LogP contribution is -2.44. The Kier molecular flexibility index (Phi) is 6.90. The number of carboxylic acid groups (broad SMARTS) is 1. The number of aliphatic carboxylic acids is 1. The molecule has 0 fully saturated rings. The van der Waals surface area contributed by atoms with Gasteiger partial charge in [0.2, 0.25) is 5.91 Å². The van der Waals surface area contributed by atoms with E-state index in [1.165, 1.54) is 13.8 Å². The van der Waals surface area contributed by atoms with E-state index < -0.39 is 32.2 Å². The summed E-state index contributed by atoms with van der Waals surface area (Å²) in [6, 6.07) is 0. The molecule has 2 N–H and O–H groups in total. The number of hydrogen-bond acceptors (Lipinski definition) is 4. The molecule has 0 aromatic rings. The molecule has 7 heteroatoms. The minimum Gasteiger partial charge on any atom is -0.480 e. The fourth-order valence-electron chi connectivity index (χ4n) is 1.48. The summed E-state index contributed by atoms with van der Waals surface area (Å²) in [6.07, 6.45) is 1.59. The number of amides is 1. The lowest BCUT2D eigenvalue weighted by Gasteiger charge is -2.17. The summed E-state index contributed by atoms with van der Waals surface area (Å²) in [5.74, 6) is -2.05. The number of carboxylic acids is 1. The van der Waals surface area contributed by atoms with E-state index in [0.29, 0.717) is 6.54 Å². The quantitative estimate of drug-likeness (QED) is 0.633. The van der Waals surface area contributed by atoms with Crippen LogP contribution in [0.3, 0.4) is 0 Å². The van der Waals surface area contributed by atoms with Crippen LogP contribution in [0, 0.1) is 0 Å². The summed E-state index contributed by atoms with van der Waals surface area (Å²) in [4.78, 5) is 22.5. The van der Waals surface area contributed by atoms with Crippen molar-refractivity contribution in [2.75, 3.05) is 6.54 Å². The molecule has 6 nitrogen and oxygen atoms in total. The number of hydrogen-bond donors (Lipinski definition) is 2. The number of carbonyl (C=O) groups is 2. The Hall–Kier alpha value is -1.11. The fourth-order valence-corrected chi connectivity index (χ4v) is 3.10. The van der Waals surface area contributed by atoms with Crippen LogP contribution >= 0.6 is 0 Å². The Bertz CT molecular complexity index is 390. The maximum Gasteiger partial charge on any atom is 0.321 e. The van der Waals surface area contributed by atoms with Gasteiger partial charge in [0.15, 0.2) is 15.1 Å². The van der Waals surface area contributed by atoms with Crippen LogP contribution in [0.4, 0.5) is 0 Å². The van der Waals surface area contributed by atoms with Crippen molar-refractivity contribution in [3.05, 3.63) is 0 Å². The zero-order chi connectivity index (χ0) is 14.3. The zero-order valence-electron chi connectivity index (χ0n) is 11.0. The Morgan fingerprint density at radius 1 is 1.28 bits per heavy atom. The second kappa shape index (κ2) is 7.35. The molecule has 0 radical (unpaired) electrons. The predicted octanol–water partition coefficient (Wildman–Crippen LogP) is 0.569. The summed E-state index contributed by atoms with van der Waals surface area (Å²) >= 11 is 0. The van der Waals surface area contributed by atoms with Crippen LogP contribution in [0.1, 0.15) is 40.0 Å². The first-order chi connectivity index (χ1) is 8.28. The summed E-state index contributed by atoms with van der Waals surface area (Å²) < 4.78 is 23.9. The van der Waals surface area contributed by atoms with Gasteiger partial charge in [0.25, 0.3) is 0 Å². The molecular formula is C11H21NO5S. The van der Waals surface area contributed by atoms with Crippen LogP contribution in [0.25, 0.3) is 0 Å². The molecule has 0 aliphatic heterocycles. The van der Waals surface area contributed by atoms with Crippen LogP contribution in [0.15, 0.2) is 0 Å². The number of nitrogens with one attached hydrogen (secondary N) is 1. The second-order valence-electron chi connectivity index (χ2n) is 4.11. The average molecular weight is 279 g/mol. The van der Waals surface area contributed by atoms with E-state index in [1.807, 2.05) is 6.92 Å². The van der Waals surface area contributed by atoms with Crippen molar-refractivity contribution in [3.63, 3.8) is 0 Å². The Labute approximate surface area is 108 Å². The van der Waals surface area contributed by atoms with E-state index in [-0.39, 0.29) is 6.42 Å². The van der Waals surface area contributed by atoms with Crippen molar-refractivity contribution in [2.24, 2.45) is 0 Å². The molecule has 0 rings (SSSR count). The van der Waals surface area contributed by atoms with E-state index in [0.717, 1.165) is 12.8 Å². The number of carbonyl (C=O) groups excluding carboxylic acids is 1. The number of rotatable bonds is 8. The van der Waals surface area contributed by atoms with Gasteiger partial charge in [-0.25, -0.2) is 8.42 Å². The van der Waals surface area contributed by atoms with E-state index >= 15 is 0 Å². The fraction of sp³-hybridized carbons (Fsp3) is 0.818. The third-order valence-corrected chi connectivity index (χ3v) is 5.26. The molecule has 2 atom stereocenters. The van der Waals surface area contributed by atoms with Gasteiger partial charge in [-0.05, 0) is 19.8 Å². The summed E-state index contributed by atoms with van der Waals surface area (Å²) in [7, 11) is -4.00. The molecule has 0 aliphatic rings. The van der Waals surface area contributed by atoms with Crippen LogP contribution in [0.5, 0.6) is 0 Å². The van der Waals surface area contributed by atoms with Crippen LogP contribution in [-0.2, 0) is 19.4 Å². The molecule has 0 heterocycles. The Morgan fingerprint density at radius 3 is 2.22 bits per heavy atom. The molecule has 0 saturated carbocycles. The average Bonchev–Trinajstić information content (AvgIpc) is 2.28. The molecule has 0 spiro atoms. The maximum atomic E-state index is 11.9. The number of sulfone groups is 1. The summed E-state index contributed by atoms with van der Waals surface area (Å²) in [5.41, 5.74) is 0. The van der Waals surface area contributed by atoms with Crippen LogP contribution in [0.2, 0.25) is 0 Å². The molecule has 106 valence electrons. The summed E-state index contributed by atoms with van der Waals surface area (Å²) in [6.45, 7) is 5.04. The van der Waals surface area contributed by atoms with Gasteiger partial charge < -0.3 is 10.4 Å². The Morgan fingerprint density at radius 2 is 1.83 bits per heavy atom. The van der Waals surface area contributed by atoms with Crippen molar-refractivity contribution < 1.29 is 23.1 Å². The molecule has 0 aromatic carbocycles. The highest BCUT2D eigenvalue weighted by Crippen LogP contribution is 2.13. The van der Waals surface area contributed by atoms with Gasteiger partial charge in [0.1, 0.15) is 5.25 Å². The lowest BCUT2D eigenvalue weighted by atomic mass is 10.3. The standard InChI is InChI=1S/C11H21NO5S/c1-4-6-7-12-10(13)8(3)18(16,17)9(5-2)11(14)15/h8-9H,4-7H2,1-3H3,(H,12,13)(H,14,15). The molecule has 0 aromatic heterocycles. The smallest absolute Gasteiger partial charge is 0.321 e. The van der Waals surface area contributed by atoms with Crippen LogP contribution < -0.4 is 5.32 Å². The largest absolute Gasteiger partial charge is 0.480 e. The highest BCUT2D eigenvalue weighted by molar-refractivity contribution is 7.94. The van der Waals surface area contributed by atoms with Crippen molar-refractivity contribution in [3.8, 4) is 0 Å². The second-order valence-corrected chi connectivity index (χ2v) is 6.57. The minimum absolute atomic E-state index is 0.0513. The minimum atomic E-state index is -4.00. The molecule has 18 heavy (non-hydrogen) atoms. The van der Waals surface area contributed by atoms with E-state index in [1.54, 1.807) is 0 Å². The van der Waals surface area contributed by atoms with Gasteiger partial charge in [-0.15, -0.1) is 0 Å². The van der Waals surface area contributed by atoms with E-state index in [2.05, 4.69) is 5.32 Å². The molecule has 0 aliphatic carbocycles. The summed E-state index contributed by atoms with van der Waals surface area (Å²) in [5, 5.41) is 8.48. The Balaban J connectivity index is 4.79.